The largest absolute Gasteiger partial charge is 0.493 e. The first-order valence-electron chi connectivity index (χ1n) is 6.31. The summed E-state index contributed by atoms with van der Waals surface area (Å²) in [5, 5.41) is 0. The fourth-order valence-corrected chi connectivity index (χ4v) is 2.17. The molecule has 1 unspecified atom stereocenters. The van der Waals surface area contributed by atoms with Crippen LogP contribution in [0.4, 0.5) is 0 Å². The normalized spacial score (nSPS) is 12.3. The van der Waals surface area contributed by atoms with Crippen LogP contribution in [0.3, 0.4) is 0 Å². The Morgan fingerprint density at radius 2 is 2.11 bits per heavy atom. The molecule has 0 saturated carbocycles. The van der Waals surface area contributed by atoms with Crippen molar-refractivity contribution < 1.29 is 9.47 Å². The SMILES string of the molecule is CCC(C)COc1c(Br)cc(CCN)cc1OC. The Balaban J connectivity index is 2.89. The van der Waals surface area contributed by atoms with Crippen molar-refractivity contribution in [3.8, 4) is 11.5 Å². The Morgan fingerprint density at radius 1 is 1.39 bits per heavy atom. The van der Waals surface area contributed by atoms with E-state index in [2.05, 4.69) is 29.8 Å². The summed E-state index contributed by atoms with van der Waals surface area (Å²) in [4.78, 5) is 0. The van der Waals surface area contributed by atoms with Gasteiger partial charge in [-0.05, 0) is 52.5 Å². The maximum atomic E-state index is 5.84. The molecule has 3 nitrogen and oxygen atoms in total. The van der Waals surface area contributed by atoms with Gasteiger partial charge < -0.3 is 15.2 Å². The van der Waals surface area contributed by atoms with Gasteiger partial charge in [-0.1, -0.05) is 20.3 Å². The molecule has 102 valence electrons. The van der Waals surface area contributed by atoms with E-state index in [1.807, 2.05) is 12.1 Å². The predicted molar refractivity (Wildman–Crippen MR) is 78.4 cm³/mol. The first-order valence-corrected chi connectivity index (χ1v) is 7.10. The van der Waals surface area contributed by atoms with Gasteiger partial charge in [0.25, 0.3) is 0 Å². The van der Waals surface area contributed by atoms with Crippen LogP contribution in [0.25, 0.3) is 0 Å². The number of hydrogen-bond acceptors (Lipinski definition) is 3. The smallest absolute Gasteiger partial charge is 0.175 e. The standard InChI is InChI=1S/C14H22BrNO2/c1-4-10(2)9-18-14-12(15)7-11(5-6-16)8-13(14)17-3/h7-8,10H,4-6,9,16H2,1-3H3. The number of hydrogen-bond donors (Lipinski definition) is 1. The van der Waals surface area contributed by atoms with Gasteiger partial charge in [0.05, 0.1) is 18.2 Å². The van der Waals surface area contributed by atoms with Gasteiger partial charge in [0, 0.05) is 0 Å². The lowest BCUT2D eigenvalue weighted by Gasteiger charge is -2.16. The summed E-state index contributed by atoms with van der Waals surface area (Å²) >= 11 is 3.54. The van der Waals surface area contributed by atoms with Crippen LogP contribution in [0, 0.1) is 5.92 Å². The molecular weight excluding hydrogens is 294 g/mol. The molecule has 0 amide bonds. The van der Waals surface area contributed by atoms with Crippen LogP contribution in [-0.2, 0) is 6.42 Å². The Morgan fingerprint density at radius 3 is 2.67 bits per heavy atom. The third kappa shape index (κ3) is 4.18. The van der Waals surface area contributed by atoms with Crippen molar-refractivity contribution >= 4 is 15.9 Å². The van der Waals surface area contributed by atoms with Crippen LogP contribution < -0.4 is 15.2 Å². The van der Waals surface area contributed by atoms with Crippen molar-refractivity contribution in [3.05, 3.63) is 22.2 Å². The minimum Gasteiger partial charge on any atom is -0.493 e. The molecule has 1 aromatic rings. The molecule has 4 heteroatoms. The Labute approximate surface area is 118 Å². The van der Waals surface area contributed by atoms with Gasteiger partial charge in [0.15, 0.2) is 11.5 Å². The number of halogens is 1. The fraction of sp³-hybridized carbons (Fsp3) is 0.571. The summed E-state index contributed by atoms with van der Waals surface area (Å²) in [6, 6.07) is 4.03. The molecule has 2 N–H and O–H groups in total. The van der Waals surface area contributed by atoms with E-state index in [-0.39, 0.29) is 0 Å². The Bertz CT molecular complexity index is 382. The molecule has 0 aliphatic carbocycles. The molecule has 0 saturated heterocycles. The van der Waals surface area contributed by atoms with Gasteiger partial charge in [-0.3, -0.25) is 0 Å². The molecule has 0 aliphatic heterocycles. The van der Waals surface area contributed by atoms with Gasteiger partial charge in [0.2, 0.25) is 0 Å². The summed E-state index contributed by atoms with van der Waals surface area (Å²) in [6.07, 6.45) is 1.94. The van der Waals surface area contributed by atoms with Crippen molar-refractivity contribution in [2.75, 3.05) is 20.3 Å². The van der Waals surface area contributed by atoms with Gasteiger partial charge in [0.1, 0.15) is 0 Å². The van der Waals surface area contributed by atoms with Crippen molar-refractivity contribution in [2.45, 2.75) is 26.7 Å². The minimum absolute atomic E-state index is 0.533. The van der Waals surface area contributed by atoms with Crippen LogP contribution in [0.5, 0.6) is 11.5 Å². The van der Waals surface area contributed by atoms with E-state index >= 15 is 0 Å². The van der Waals surface area contributed by atoms with Crippen molar-refractivity contribution in [3.63, 3.8) is 0 Å². The molecule has 0 heterocycles. The zero-order valence-corrected chi connectivity index (χ0v) is 12.9. The maximum absolute atomic E-state index is 5.84. The highest BCUT2D eigenvalue weighted by atomic mass is 79.9. The van der Waals surface area contributed by atoms with E-state index in [0.29, 0.717) is 19.1 Å². The van der Waals surface area contributed by atoms with E-state index in [1.54, 1.807) is 7.11 Å². The highest BCUT2D eigenvalue weighted by Crippen LogP contribution is 2.37. The van der Waals surface area contributed by atoms with Crippen molar-refractivity contribution in [1.82, 2.24) is 0 Å². The van der Waals surface area contributed by atoms with Crippen molar-refractivity contribution in [2.24, 2.45) is 11.7 Å². The molecule has 18 heavy (non-hydrogen) atoms. The molecule has 0 radical (unpaired) electrons. The highest BCUT2D eigenvalue weighted by Gasteiger charge is 2.12. The molecule has 1 aromatic carbocycles. The van der Waals surface area contributed by atoms with Crippen LogP contribution in [0.15, 0.2) is 16.6 Å². The first kappa shape index (κ1) is 15.3. The number of ether oxygens (including phenoxy) is 2. The van der Waals surface area contributed by atoms with Crippen molar-refractivity contribution in [1.29, 1.82) is 0 Å². The van der Waals surface area contributed by atoms with Crippen LogP contribution in [0.2, 0.25) is 0 Å². The molecule has 1 rings (SSSR count). The monoisotopic (exact) mass is 315 g/mol. The second-order valence-electron chi connectivity index (χ2n) is 4.47. The van der Waals surface area contributed by atoms with E-state index < -0.39 is 0 Å². The summed E-state index contributed by atoms with van der Waals surface area (Å²) in [7, 11) is 1.66. The molecule has 1 atom stereocenters. The fourth-order valence-electron chi connectivity index (χ4n) is 1.57. The molecule has 0 bridgehead atoms. The topological polar surface area (TPSA) is 44.5 Å². The van der Waals surface area contributed by atoms with Gasteiger partial charge in [-0.15, -0.1) is 0 Å². The van der Waals surface area contributed by atoms with E-state index in [1.165, 1.54) is 0 Å². The zero-order chi connectivity index (χ0) is 13.5. The number of nitrogens with two attached hydrogens (primary N) is 1. The molecular formula is C14H22BrNO2. The number of rotatable bonds is 7. The maximum Gasteiger partial charge on any atom is 0.175 e. The van der Waals surface area contributed by atoms with E-state index in [9.17, 15) is 0 Å². The first-order chi connectivity index (χ1) is 8.62. The lowest BCUT2D eigenvalue weighted by Crippen LogP contribution is -2.09. The number of benzene rings is 1. The Kier molecular flexibility index (Phi) is 6.50. The van der Waals surface area contributed by atoms with E-state index in [0.717, 1.165) is 34.4 Å². The highest BCUT2D eigenvalue weighted by molar-refractivity contribution is 9.10. The zero-order valence-electron chi connectivity index (χ0n) is 11.3. The van der Waals surface area contributed by atoms with Gasteiger partial charge >= 0.3 is 0 Å². The molecule has 0 aliphatic rings. The third-order valence-corrected chi connectivity index (χ3v) is 3.52. The molecule has 0 spiro atoms. The van der Waals surface area contributed by atoms with Gasteiger partial charge in [-0.2, -0.15) is 0 Å². The predicted octanol–water partition coefficient (Wildman–Crippen LogP) is 3.38. The van der Waals surface area contributed by atoms with Crippen LogP contribution >= 0.6 is 15.9 Å². The molecule has 0 fully saturated rings. The average molecular weight is 316 g/mol. The third-order valence-electron chi connectivity index (χ3n) is 2.93. The quantitative estimate of drug-likeness (QED) is 0.839. The summed E-state index contributed by atoms with van der Waals surface area (Å²) < 4.78 is 12.1. The number of methoxy groups -OCH3 is 1. The lowest BCUT2D eigenvalue weighted by atomic mass is 10.1. The summed E-state index contributed by atoms with van der Waals surface area (Å²) in [6.45, 7) is 5.65. The molecule has 0 aromatic heterocycles. The van der Waals surface area contributed by atoms with E-state index in [4.69, 9.17) is 15.2 Å². The van der Waals surface area contributed by atoms with Gasteiger partial charge in [-0.25, -0.2) is 0 Å². The Hall–Kier alpha value is -0.740. The summed E-state index contributed by atoms with van der Waals surface area (Å²) in [5.74, 6) is 2.07. The minimum atomic E-state index is 0.533. The second-order valence-corrected chi connectivity index (χ2v) is 5.33. The van der Waals surface area contributed by atoms with Crippen LogP contribution in [-0.4, -0.2) is 20.3 Å². The lowest BCUT2D eigenvalue weighted by molar-refractivity contribution is 0.243. The average Bonchev–Trinajstić information content (AvgIpc) is 2.36. The summed E-state index contributed by atoms with van der Waals surface area (Å²) in [5.41, 5.74) is 6.72. The van der Waals surface area contributed by atoms with Crippen LogP contribution in [0.1, 0.15) is 25.8 Å². The second kappa shape index (κ2) is 7.64.